The van der Waals surface area contributed by atoms with Crippen molar-refractivity contribution in [2.45, 2.75) is 57.2 Å². The summed E-state index contributed by atoms with van der Waals surface area (Å²) in [7, 11) is 11.1. The highest BCUT2D eigenvalue weighted by atomic mass is 16.6. The molecule has 2 heterocycles. The Bertz CT molecular complexity index is 2020. The number of amides is 1. The number of carbonyl (C=O) groups is 1. The third-order valence-corrected chi connectivity index (χ3v) is 10.1. The van der Waals surface area contributed by atoms with E-state index in [1.807, 2.05) is 54.6 Å². The Balaban J connectivity index is 0.918. The Morgan fingerprint density at radius 3 is 1.81 bits per heavy atom. The van der Waals surface area contributed by atoms with Crippen LogP contribution in [0.4, 0.5) is 5.69 Å². The molecule has 14 heteroatoms. The molecule has 4 aromatic carbocycles. The molecule has 0 saturated carbocycles. The summed E-state index contributed by atoms with van der Waals surface area (Å²) in [6.45, 7) is 1.10. The molecule has 0 fully saturated rings. The number of hydrogen-bond acceptors (Lipinski definition) is 13. The first-order valence-electron chi connectivity index (χ1n) is 19.3. The van der Waals surface area contributed by atoms with Crippen LogP contribution >= 0.6 is 0 Å². The number of fused-ring (bicyclic) bond motifs is 1. The quantitative estimate of drug-likeness (QED) is 0.0783. The normalized spacial score (nSPS) is 15.5. The zero-order chi connectivity index (χ0) is 41.0. The fourth-order valence-corrected chi connectivity index (χ4v) is 6.98. The van der Waals surface area contributed by atoms with Gasteiger partial charge in [-0.05, 0) is 73.0 Å². The van der Waals surface area contributed by atoms with Gasteiger partial charge in [-0.3, -0.25) is 4.79 Å². The van der Waals surface area contributed by atoms with Gasteiger partial charge in [0.05, 0.1) is 74.3 Å². The van der Waals surface area contributed by atoms with Crippen LogP contribution in [-0.2, 0) is 4.84 Å². The molecule has 2 N–H and O–H groups in total. The highest BCUT2D eigenvalue weighted by Gasteiger charge is 2.29. The maximum absolute atomic E-state index is 12.8. The maximum Gasteiger partial charge on any atom is 0.255 e. The number of nitrogens with zero attached hydrogens (tertiary/aromatic N) is 1. The second-order valence-corrected chi connectivity index (χ2v) is 13.7. The zero-order valence-electron chi connectivity index (χ0n) is 34.2. The number of anilines is 1. The van der Waals surface area contributed by atoms with Crippen molar-refractivity contribution >= 4 is 17.3 Å². The van der Waals surface area contributed by atoms with Crippen LogP contribution in [0.2, 0.25) is 0 Å². The second-order valence-electron chi connectivity index (χ2n) is 13.7. The van der Waals surface area contributed by atoms with Crippen molar-refractivity contribution in [1.82, 2.24) is 5.32 Å². The van der Waals surface area contributed by atoms with Crippen LogP contribution in [0, 0.1) is 0 Å². The number of hydrogen-bond donors (Lipinski definition) is 2. The lowest BCUT2D eigenvalue weighted by molar-refractivity contribution is 0.0853. The molecule has 0 aliphatic carbocycles. The lowest BCUT2D eigenvalue weighted by Gasteiger charge is -2.28. The predicted molar refractivity (Wildman–Crippen MR) is 219 cm³/mol. The second kappa shape index (κ2) is 19.8. The molecule has 2 aliphatic heterocycles. The highest BCUT2D eigenvalue weighted by Crippen LogP contribution is 2.44. The highest BCUT2D eigenvalue weighted by molar-refractivity contribution is 6.03. The van der Waals surface area contributed by atoms with Crippen LogP contribution in [0.3, 0.4) is 0 Å². The summed E-state index contributed by atoms with van der Waals surface area (Å²) in [5, 5.41) is 10.8. The molecule has 58 heavy (non-hydrogen) atoms. The minimum absolute atomic E-state index is 0.174. The molecule has 310 valence electrons. The van der Waals surface area contributed by atoms with Gasteiger partial charge in [0.15, 0.2) is 40.6 Å². The van der Waals surface area contributed by atoms with Gasteiger partial charge in [0, 0.05) is 23.2 Å². The predicted octanol–water partition coefficient (Wildman–Crippen LogP) is 8.27. The summed E-state index contributed by atoms with van der Waals surface area (Å²) < 4.78 is 51.2. The first kappa shape index (κ1) is 41.5. The number of nitrogens with one attached hydrogen (secondary N) is 2. The minimum Gasteiger partial charge on any atom is -0.497 e. The van der Waals surface area contributed by atoms with E-state index >= 15 is 0 Å². The van der Waals surface area contributed by atoms with E-state index in [1.54, 1.807) is 55.8 Å². The van der Waals surface area contributed by atoms with Crippen molar-refractivity contribution in [2.24, 2.45) is 5.16 Å². The lowest BCUT2D eigenvalue weighted by Crippen LogP contribution is -2.38. The molecular formula is C44H53N3O11. The van der Waals surface area contributed by atoms with Crippen LogP contribution in [0.15, 0.2) is 65.8 Å². The molecule has 6 rings (SSSR count). The number of oxime groups is 1. The Hall–Kier alpha value is -6.18. The molecule has 0 saturated heterocycles. The third-order valence-electron chi connectivity index (χ3n) is 10.1. The first-order valence-corrected chi connectivity index (χ1v) is 19.3. The Morgan fingerprint density at radius 1 is 0.586 bits per heavy atom. The van der Waals surface area contributed by atoms with Crippen LogP contribution in [-0.4, -0.2) is 74.6 Å². The Labute approximate surface area is 339 Å². The van der Waals surface area contributed by atoms with E-state index in [0.717, 1.165) is 66.6 Å². The summed E-state index contributed by atoms with van der Waals surface area (Å²) in [6, 6.07) is 18.6. The third kappa shape index (κ3) is 9.50. The topological polar surface area (TPSA) is 146 Å². The van der Waals surface area contributed by atoms with E-state index in [1.165, 1.54) is 0 Å². The summed E-state index contributed by atoms with van der Waals surface area (Å²) in [6.07, 6.45) is 5.82. The van der Waals surface area contributed by atoms with Crippen molar-refractivity contribution < 1.29 is 52.3 Å². The van der Waals surface area contributed by atoms with Gasteiger partial charge in [-0.15, -0.1) is 0 Å². The van der Waals surface area contributed by atoms with E-state index in [-0.39, 0.29) is 12.0 Å². The van der Waals surface area contributed by atoms with Crippen molar-refractivity contribution in [1.29, 1.82) is 0 Å². The van der Waals surface area contributed by atoms with E-state index < -0.39 is 6.17 Å². The number of ether oxygens (including phenoxy) is 9. The van der Waals surface area contributed by atoms with Crippen molar-refractivity contribution in [2.75, 3.05) is 68.3 Å². The molecule has 0 radical (unpaired) electrons. The average molecular weight is 800 g/mol. The summed E-state index contributed by atoms with van der Waals surface area (Å²) in [5.74, 6) is 5.02. The minimum atomic E-state index is -0.406. The van der Waals surface area contributed by atoms with Gasteiger partial charge in [0.25, 0.3) is 5.91 Å². The van der Waals surface area contributed by atoms with Crippen molar-refractivity contribution in [3.05, 3.63) is 82.9 Å². The Morgan fingerprint density at radius 2 is 1.19 bits per heavy atom. The van der Waals surface area contributed by atoms with Gasteiger partial charge in [-0.25, -0.2) is 0 Å². The summed E-state index contributed by atoms with van der Waals surface area (Å²) >= 11 is 0. The fraction of sp³-hybridized carbons (Fsp3) is 0.409. The molecule has 0 bridgehead atoms. The number of unbranched alkanes of at least 4 members (excludes halogenated alkanes) is 5. The maximum atomic E-state index is 12.8. The number of carbonyl (C=O) groups excluding carboxylic acids is 1. The van der Waals surface area contributed by atoms with Crippen LogP contribution in [0.5, 0.6) is 51.7 Å². The van der Waals surface area contributed by atoms with Crippen molar-refractivity contribution in [3.63, 3.8) is 0 Å². The molecule has 14 nitrogen and oxygen atoms in total. The lowest BCUT2D eigenvalue weighted by atomic mass is 9.99. The molecule has 2 atom stereocenters. The van der Waals surface area contributed by atoms with Crippen molar-refractivity contribution in [3.8, 4) is 51.7 Å². The fourth-order valence-electron chi connectivity index (χ4n) is 6.98. The van der Waals surface area contributed by atoms with Gasteiger partial charge >= 0.3 is 0 Å². The molecule has 0 spiro atoms. The molecule has 1 amide bonds. The zero-order valence-corrected chi connectivity index (χ0v) is 34.2. The van der Waals surface area contributed by atoms with E-state index in [9.17, 15) is 4.79 Å². The largest absolute Gasteiger partial charge is 0.497 e. The summed E-state index contributed by atoms with van der Waals surface area (Å²) in [5.41, 5.74) is 4.55. The van der Waals surface area contributed by atoms with Gasteiger partial charge in [-0.1, -0.05) is 36.9 Å². The number of rotatable bonds is 21. The smallest absolute Gasteiger partial charge is 0.255 e. The molecule has 2 aliphatic rings. The Kier molecular flexibility index (Phi) is 14.1. The van der Waals surface area contributed by atoms with Crippen LogP contribution < -0.4 is 53.3 Å². The number of methoxy groups -OCH3 is 7. The monoisotopic (exact) mass is 799 g/mol. The molecule has 4 aromatic rings. The van der Waals surface area contributed by atoms with Crippen LogP contribution in [0.1, 0.15) is 84.3 Å². The molecule has 2 unspecified atom stereocenters. The van der Waals surface area contributed by atoms with Gasteiger partial charge in [0.2, 0.25) is 11.5 Å². The van der Waals surface area contributed by atoms with Gasteiger partial charge in [-0.2, -0.15) is 0 Å². The van der Waals surface area contributed by atoms with E-state index in [2.05, 4.69) is 15.8 Å². The molecule has 0 aromatic heterocycles. The van der Waals surface area contributed by atoms with E-state index in [4.69, 9.17) is 47.5 Å². The van der Waals surface area contributed by atoms with Gasteiger partial charge in [0.1, 0.15) is 11.9 Å². The standard InChI is InChI=1S/C44H53N3O11/c1-49-30-15-16-32-31(25-30)44(48)46-43(45-32)27-14-17-34(36(20-27)50-2)56-18-12-10-8-9-11-13-19-57-42-39(53-5)21-28(22-40(42)54-6)33-26-35(58-47-33)29-23-37(51-3)41(55-7)38(24-29)52-4/h14-17,20-25,35,43,45H,8-13,18-19,26H2,1-7H3,(H,46,48). The van der Waals surface area contributed by atoms with E-state index in [0.29, 0.717) is 76.9 Å². The first-order chi connectivity index (χ1) is 28.3. The summed E-state index contributed by atoms with van der Waals surface area (Å²) in [4.78, 5) is 18.7. The van der Waals surface area contributed by atoms with Gasteiger partial charge < -0.3 is 58.1 Å². The van der Waals surface area contributed by atoms with Crippen LogP contribution in [0.25, 0.3) is 0 Å². The average Bonchev–Trinajstić information content (AvgIpc) is 3.76. The number of benzene rings is 4. The molecular weight excluding hydrogens is 746 g/mol. The SMILES string of the molecule is COc1ccc2c(c1)C(=O)NC(c1ccc(OCCCCCCCCOc3c(OC)cc(C4=NOC(c5cc(OC)c(OC)c(OC)c5)C4)cc3OC)c(OC)c1)N2.